The first-order chi connectivity index (χ1) is 8.79. The largest absolute Gasteiger partial charge is 0.299 e. The third kappa shape index (κ3) is 1.79. The number of benzene rings is 2. The summed E-state index contributed by atoms with van der Waals surface area (Å²) in [6.07, 6.45) is 1.86. The highest BCUT2D eigenvalue weighted by atomic mass is 35.5. The van der Waals surface area contributed by atoms with Gasteiger partial charge >= 0.3 is 0 Å². The Balaban J connectivity index is 2.17. The quantitative estimate of drug-likeness (QED) is 0.632. The smallest absolute Gasteiger partial charge is 0.100 e. The number of alkyl halides is 1. The van der Waals surface area contributed by atoms with Crippen molar-refractivity contribution in [3.8, 4) is 5.69 Å². The molecule has 3 heteroatoms. The monoisotopic (exact) mass is 256 g/mol. The zero-order valence-corrected chi connectivity index (χ0v) is 10.9. The van der Waals surface area contributed by atoms with Crippen molar-refractivity contribution in [2.75, 3.05) is 0 Å². The van der Waals surface area contributed by atoms with Crippen LogP contribution in [0.3, 0.4) is 0 Å². The summed E-state index contributed by atoms with van der Waals surface area (Å²) in [5, 5.41) is 0. The summed E-state index contributed by atoms with van der Waals surface area (Å²) in [5.41, 5.74) is 5.63. The van der Waals surface area contributed by atoms with Gasteiger partial charge in [-0.25, -0.2) is 4.98 Å². The van der Waals surface area contributed by atoms with Crippen LogP contribution in [0.2, 0.25) is 0 Å². The SMILES string of the molecule is Cc1cc(-n2cnc3ccccc32)ccc1CCl. The summed E-state index contributed by atoms with van der Waals surface area (Å²) in [6.45, 7) is 2.08. The highest BCUT2D eigenvalue weighted by Gasteiger charge is 2.05. The molecule has 0 aliphatic carbocycles. The molecule has 0 N–H and O–H groups in total. The number of hydrogen-bond donors (Lipinski definition) is 0. The van der Waals surface area contributed by atoms with Crippen LogP contribution in [0.5, 0.6) is 0 Å². The van der Waals surface area contributed by atoms with Gasteiger partial charge in [-0.05, 0) is 42.3 Å². The molecule has 1 heterocycles. The first-order valence-electron chi connectivity index (χ1n) is 5.87. The van der Waals surface area contributed by atoms with Crippen molar-refractivity contribution in [2.24, 2.45) is 0 Å². The molecule has 3 aromatic rings. The number of para-hydroxylation sites is 2. The molecule has 0 fully saturated rings. The number of halogens is 1. The van der Waals surface area contributed by atoms with Gasteiger partial charge in [0.2, 0.25) is 0 Å². The van der Waals surface area contributed by atoms with Crippen LogP contribution in [0.25, 0.3) is 16.7 Å². The van der Waals surface area contributed by atoms with Gasteiger partial charge in [-0.2, -0.15) is 0 Å². The Kier molecular flexibility index (Phi) is 2.80. The Labute approximate surface area is 111 Å². The molecule has 0 unspecified atom stereocenters. The van der Waals surface area contributed by atoms with Crippen LogP contribution in [0, 0.1) is 6.92 Å². The van der Waals surface area contributed by atoms with Crippen molar-refractivity contribution in [2.45, 2.75) is 12.8 Å². The van der Waals surface area contributed by atoms with Crippen LogP contribution >= 0.6 is 11.6 Å². The molecule has 18 heavy (non-hydrogen) atoms. The lowest BCUT2D eigenvalue weighted by Crippen LogP contribution is -1.94. The van der Waals surface area contributed by atoms with Crippen LogP contribution in [0.4, 0.5) is 0 Å². The predicted octanol–water partition coefficient (Wildman–Crippen LogP) is 4.07. The van der Waals surface area contributed by atoms with Crippen LogP contribution in [-0.2, 0) is 5.88 Å². The Morgan fingerprint density at radius 1 is 1.17 bits per heavy atom. The zero-order valence-electron chi connectivity index (χ0n) is 10.1. The van der Waals surface area contributed by atoms with Crippen molar-refractivity contribution >= 4 is 22.6 Å². The van der Waals surface area contributed by atoms with E-state index in [1.165, 1.54) is 11.1 Å². The third-order valence-corrected chi connectivity index (χ3v) is 3.49. The van der Waals surface area contributed by atoms with Gasteiger partial charge in [0.05, 0.1) is 11.0 Å². The van der Waals surface area contributed by atoms with Crippen molar-refractivity contribution in [1.29, 1.82) is 0 Å². The van der Waals surface area contributed by atoms with E-state index < -0.39 is 0 Å². The van der Waals surface area contributed by atoms with E-state index in [1.807, 2.05) is 24.5 Å². The topological polar surface area (TPSA) is 17.8 Å². The second kappa shape index (κ2) is 4.46. The normalized spacial score (nSPS) is 11.0. The molecule has 3 rings (SSSR count). The number of aryl methyl sites for hydroxylation is 1. The first kappa shape index (κ1) is 11.3. The molecule has 2 nitrogen and oxygen atoms in total. The molecule has 0 saturated heterocycles. The highest BCUT2D eigenvalue weighted by molar-refractivity contribution is 6.17. The van der Waals surface area contributed by atoms with E-state index in [0.717, 1.165) is 16.7 Å². The van der Waals surface area contributed by atoms with Crippen LogP contribution < -0.4 is 0 Å². The third-order valence-electron chi connectivity index (χ3n) is 3.20. The lowest BCUT2D eigenvalue weighted by molar-refractivity contribution is 1.08. The van der Waals surface area contributed by atoms with Gasteiger partial charge in [0.25, 0.3) is 0 Å². The average Bonchev–Trinajstić information content (AvgIpc) is 2.82. The second-order valence-corrected chi connectivity index (χ2v) is 4.61. The van der Waals surface area contributed by atoms with E-state index in [4.69, 9.17) is 11.6 Å². The van der Waals surface area contributed by atoms with Gasteiger partial charge in [-0.3, -0.25) is 4.57 Å². The molecule has 1 aromatic heterocycles. The van der Waals surface area contributed by atoms with E-state index in [0.29, 0.717) is 5.88 Å². The molecular formula is C15H13ClN2. The van der Waals surface area contributed by atoms with E-state index in [1.54, 1.807) is 0 Å². The van der Waals surface area contributed by atoms with Crippen molar-refractivity contribution in [3.63, 3.8) is 0 Å². The molecule has 0 spiro atoms. The molecule has 0 radical (unpaired) electrons. The summed E-state index contributed by atoms with van der Waals surface area (Å²) in [7, 11) is 0. The van der Waals surface area contributed by atoms with Gasteiger partial charge in [0.1, 0.15) is 6.33 Å². The number of fused-ring (bicyclic) bond motifs is 1. The summed E-state index contributed by atoms with van der Waals surface area (Å²) >= 11 is 5.89. The van der Waals surface area contributed by atoms with Gasteiger partial charge in [0, 0.05) is 11.6 Å². The Morgan fingerprint density at radius 3 is 2.78 bits per heavy atom. The van der Waals surface area contributed by atoms with Crippen molar-refractivity contribution < 1.29 is 0 Å². The minimum absolute atomic E-state index is 0.552. The van der Waals surface area contributed by atoms with Crippen LogP contribution in [0.15, 0.2) is 48.8 Å². The molecule has 0 aliphatic rings. The molecule has 0 atom stereocenters. The maximum absolute atomic E-state index is 5.89. The van der Waals surface area contributed by atoms with Gasteiger partial charge < -0.3 is 0 Å². The maximum Gasteiger partial charge on any atom is 0.100 e. The Morgan fingerprint density at radius 2 is 2.00 bits per heavy atom. The first-order valence-corrected chi connectivity index (χ1v) is 6.41. The molecular weight excluding hydrogens is 244 g/mol. The van der Waals surface area contributed by atoms with E-state index in [9.17, 15) is 0 Å². The summed E-state index contributed by atoms with van der Waals surface area (Å²) in [6, 6.07) is 14.4. The molecule has 90 valence electrons. The fraction of sp³-hybridized carbons (Fsp3) is 0.133. The molecule has 0 amide bonds. The number of rotatable bonds is 2. The predicted molar refractivity (Wildman–Crippen MR) is 75.4 cm³/mol. The number of nitrogens with zero attached hydrogens (tertiary/aromatic N) is 2. The van der Waals surface area contributed by atoms with Crippen LogP contribution in [-0.4, -0.2) is 9.55 Å². The lowest BCUT2D eigenvalue weighted by atomic mass is 10.1. The second-order valence-electron chi connectivity index (χ2n) is 4.35. The molecule has 0 saturated carbocycles. The number of aromatic nitrogens is 2. The number of hydrogen-bond acceptors (Lipinski definition) is 1. The molecule has 2 aromatic carbocycles. The Bertz CT molecular complexity index is 701. The summed E-state index contributed by atoms with van der Waals surface area (Å²) < 4.78 is 2.10. The minimum atomic E-state index is 0.552. The highest BCUT2D eigenvalue weighted by Crippen LogP contribution is 2.20. The summed E-state index contributed by atoms with van der Waals surface area (Å²) in [5.74, 6) is 0.552. The number of imidazole rings is 1. The van der Waals surface area contributed by atoms with Gasteiger partial charge in [0.15, 0.2) is 0 Å². The Hall–Kier alpha value is -1.80. The molecule has 0 aliphatic heterocycles. The van der Waals surface area contributed by atoms with Gasteiger partial charge in [-0.1, -0.05) is 18.2 Å². The van der Waals surface area contributed by atoms with Crippen molar-refractivity contribution in [3.05, 3.63) is 59.9 Å². The maximum atomic E-state index is 5.89. The zero-order chi connectivity index (χ0) is 12.5. The fourth-order valence-electron chi connectivity index (χ4n) is 2.14. The lowest BCUT2D eigenvalue weighted by Gasteiger charge is -2.08. The molecule has 0 bridgehead atoms. The minimum Gasteiger partial charge on any atom is -0.299 e. The van der Waals surface area contributed by atoms with E-state index >= 15 is 0 Å². The average molecular weight is 257 g/mol. The van der Waals surface area contributed by atoms with E-state index in [2.05, 4.69) is 40.7 Å². The van der Waals surface area contributed by atoms with Crippen LogP contribution in [0.1, 0.15) is 11.1 Å². The fourth-order valence-corrected chi connectivity index (χ4v) is 2.44. The van der Waals surface area contributed by atoms with Gasteiger partial charge in [-0.15, -0.1) is 11.6 Å². The summed E-state index contributed by atoms with van der Waals surface area (Å²) in [4.78, 5) is 4.40. The standard InChI is InChI=1S/C15H13ClN2/c1-11-8-13(7-6-12(11)9-16)18-10-17-14-4-2-3-5-15(14)18/h2-8,10H,9H2,1H3. The van der Waals surface area contributed by atoms with Crippen molar-refractivity contribution in [1.82, 2.24) is 9.55 Å². The van der Waals surface area contributed by atoms with E-state index in [-0.39, 0.29) is 0 Å².